The molecule has 1 amide bonds. The number of amides is 1. The molecule has 0 saturated carbocycles. The molecular weight excluding hydrogens is 280 g/mol. The van der Waals surface area contributed by atoms with Crippen molar-refractivity contribution in [2.75, 3.05) is 25.0 Å². The molecule has 1 aliphatic heterocycles. The lowest BCUT2D eigenvalue weighted by Crippen LogP contribution is -2.47. The molecule has 0 bridgehead atoms. The zero-order valence-electron chi connectivity index (χ0n) is 14.2. The summed E-state index contributed by atoms with van der Waals surface area (Å²) in [6, 6.07) is 2.10. The number of carbonyl (C=O) groups excluding carboxylic acids is 1. The van der Waals surface area contributed by atoms with Gasteiger partial charge >= 0.3 is 6.09 Å². The number of carbonyl (C=O) groups is 1. The minimum atomic E-state index is -0.457. The van der Waals surface area contributed by atoms with Crippen LogP contribution in [-0.2, 0) is 4.74 Å². The van der Waals surface area contributed by atoms with Crippen molar-refractivity contribution in [1.29, 1.82) is 0 Å². The molecule has 0 spiro atoms. The molecule has 1 saturated heterocycles. The molecule has 22 heavy (non-hydrogen) atoms. The van der Waals surface area contributed by atoms with Gasteiger partial charge in [-0.2, -0.15) is 0 Å². The van der Waals surface area contributed by atoms with Crippen LogP contribution in [0.5, 0.6) is 0 Å². The maximum Gasteiger partial charge on any atom is 0.410 e. The predicted octanol–water partition coefficient (Wildman–Crippen LogP) is 2.62. The first-order valence-electron chi connectivity index (χ1n) is 7.76. The van der Waals surface area contributed by atoms with Gasteiger partial charge in [0.2, 0.25) is 5.95 Å². The first-order chi connectivity index (χ1) is 10.3. The van der Waals surface area contributed by atoms with E-state index in [1.165, 1.54) is 0 Å². The molecule has 2 heterocycles. The topological polar surface area (TPSA) is 58.6 Å². The third-order valence-electron chi connectivity index (χ3n) is 3.76. The number of piperidine rings is 1. The highest BCUT2D eigenvalue weighted by Gasteiger charge is 2.29. The molecule has 1 aromatic heterocycles. The van der Waals surface area contributed by atoms with Crippen LogP contribution in [0.2, 0.25) is 0 Å². The van der Waals surface area contributed by atoms with E-state index in [1.807, 2.05) is 40.8 Å². The van der Waals surface area contributed by atoms with Crippen molar-refractivity contribution in [1.82, 2.24) is 14.9 Å². The van der Waals surface area contributed by atoms with Crippen LogP contribution in [0.4, 0.5) is 10.7 Å². The Balaban J connectivity index is 1.90. The predicted molar refractivity (Wildman–Crippen MR) is 86.0 cm³/mol. The number of rotatable bonds is 2. The summed E-state index contributed by atoms with van der Waals surface area (Å²) >= 11 is 0. The molecule has 0 N–H and O–H groups in total. The van der Waals surface area contributed by atoms with Crippen LogP contribution in [0, 0.1) is 6.92 Å². The summed E-state index contributed by atoms with van der Waals surface area (Å²) in [4.78, 5) is 24.8. The summed E-state index contributed by atoms with van der Waals surface area (Å²) in [6.45, 7) is 9.32. The minimum Gasteiger partial charge on any atom is -0.444 e. The van der Waals surface area contributed by atoms with E-state index in [0.717, 1.165) is 37.6 Å². The molecule has 122 valence electrons. The van der Waals surface area contributed by atoms with Gasteiger partial charge in [0, 0.05) is 38.1 Å². The number of nitrogens with zero attached hydrogens (tertiary/aromatic N) is 4. The Hall–Kier alpha value is -1.85. The lowest BCUT2D eigenvalue weighted by atomic mass is 10.0. The number of aryl methyl sites for hydroxylation is 1. The molecule has 0 radical (unpaired) electrons. The van der Waals surface area contributed by atoms with Crippen molar-refractivity contribution in [3.05, 3.63) is 18.0 Å². The molecule has 0 aliphatic carbocycles. The van der Waals surface area contributed by atoms with Gasteiger partial charge in [0.25, 0.3) is 0 Å². The van der Waals surface area contributed by atoms with Crippen molar-refractivity contribution in [2.45, 2.75) is 52.2 Å². The smallest absolute Gasteiger partial charge is 0.410 e. The fourth-order valence-corrected chi connectivity index (χ4v) is 2.52. The van der Waals surface area contributed by atoms with Crippen LogP contribution in [-0.4, -0.2) is 52.7 Å². The third-order valence-corrected chi connectivity index (χ3v) is 3.76. The number of hydrogen-bond donors (Lipinski definition) is 0. The number of anilines is 1. The maximum absolute atomic E-state index is 12.1. The zero-order chi connectivity index (χ0) is 16.3. The van der Waals surface area contributed by atoms with Gasteiger partial charge in [0.05, 0.1) is 0 Å². The molecule has 0 aromatic carbocycles. The molecule has 2 rings (SSSR count). The standard InChI is InChI=1S/C16H26N4O2/c1-12-6-9-17-14(18-12)20-10-7-13(8-11-20)19(5)15(21)22-16(2,3)4/h6,9,13H,7-8,10-11H2,1-5H3. The van der Waals surface area contributed by atoms with Gasteiger partial charge in [0.1, 0.15) is 5.60 Å². The highest BCUT2D eigenvalue weighted by molar-refractivity contribution is 5.68. The Morgan fingerprint density at radius 3 is 2.55 bits per heavy atom. The minimum absolute atomic E-state index is 0.205. The Morgan fingerprint density at radius 1 is 1.36 bits per heavy atom. The first kappa shape index (κ1) is 16.5. The second-order valence-electron chi connectivity index (χ2n) is 6.81. The fourth-order valence-electron chi connectivity index (χ4n) is 2.52. The normalized spacial score (nSPS) is 16.5. The summed E-state index contributed by atoms with van der Waals surface area (Å²) in [5, 5.41) is 0. The second-order valence-corrected chi connectivity index (χ2v) is 6.81. The second kappa shape index (κ2) is 6.50. The largest absolute Gasteiger partial charge is 0.444 e. The van der Waals surface area contributed by atoms with E-state index in [9.17, 15) is 4.79 Å². The van der Waals surface area contributed by atoms with E-state index in [1.54, 1.807) is 11.1 Å². The zero-order valence-corrected chi connectivity index (χ0v) is 14.2. The fraction of sp³-hybridized carbons (Fsp3) is 0.688. The van der Waals surface area contributed by atoms with Crippen molar-refractivity contribution in [3.8, 4) is 0 Å². The lowest BCUT2D eigenvalue weighted by Gasteiger charge is -2.37. The highest BCUT2D eigenvalue weighted by Crippen LogP contribution is 2.21. The van der Waals surface area contributed by atoms with Crippen molar-refractivity contribution in [2.24, 2.45) is 0 Å². The molecule has 0 atom stereocenters. The maximum atomic E-state index is 12.1. The Labute approximate surface area is 132 Å². The van der Waals surface area contributed by atoms with Gasteiger partial charge in [0.15, 0.2) is 0 Å². The van der Waals surface area contributed by atoms with Gasteiger partial charge < -0.3 is 14.5 Å². The SMILES string of the molecule is Cc1ccnc(N2CCC(N(C)C(=O)OC(C)(C)C)CC2)n1. The highest BCUT2D eigenvalue weighted by atomic mass is 16.6. The van der Waals surface area contributed by atoms with Gasteiger partial charge in [-0.3, -0.25) is 0 Å². The Bertz CT molecular complexity index is 519. The third kappa shape index (κ3) is 4.32. The van der Waals surface area contributed by atoms with E-state index in [2.05, 4.69) is 14.9 Å². The monoisotopic (exact) mass is 306 g/mol. The number of ether oxygens (including phenoxy) is 1. The van der Waals surface area contributed by atoms with Crippen LogP contribution in [0.1, 0.15) is 39.3 Å². The Kier molecular flexibility index (Phi) is 4.88. The average Bonchev–Trinajstić information content (AvgIpc) is 2.45. The molecule has 0 unspecified atom stereocenters. The van der Waals surface area contributed by atoms with Crippen molar-refractivity contribution >= 4 is 12.0 Å². The van der Waals surface area contributed by atoms with Crippen molar-refractivity contribution < 1.29 is 9.53 Å². The van der Waals surface area contributed by atoms with E-state index < -0.39 is 5.60 Å². The Morgan fingerprint density at radius 2 is 2.00 bits per heavy atom. The summed E-state index contributed by atoms with van der Waals surface area (Å²) in [5.74, 6) is 0.776. The van der Waals surface area contributed by atoms with E-state index >= 15 is 0 Å². The lowest BCUT2D eigenvalue weighted by molar-refractivity contribution is 0.0200. The average molecular weight is 306 g/mol. The molecule has 1 fully saturated rings. The molecular formula is C16H26N4O2. The quantitative estimate of drug-likeness (QED) is 0.840. The molecule has 6 heteroatoms. The molecule has 1 aliphatic rings. The van der Waals surface area contributed by atoms with Crippen LogP contribution < -0.4 is 4.90 Å². The van der Waals surface area contributed by atoms with Crippen molar-refractivity contribution in [3.63, 3.8) is 0 Å². The van der Waals surface area contributed by atoms with Gasteiger partial charge in [-0.1, -0.05) is 0 Å². The summed E-state index contributed by atoms with van der Waals surface area (Å²) in [5.41, 5.74) is 0.513. The summed E-state index contributed by atoms with van der Waals surface area (Å²) < 4.78 is 5.43. The van der Waals surface area contributed by atoms with Gasteiger partial charge in [-0.05, 0) is 46.6 Å². The van der Waals surface area contributed by atoms with E-state index in [-0.39, 0.29) is 12.1 Å². The van der Waals surface area contributed by atoms with E-state index in [4.69, 9.17) is 4.74 Å². The van der Waals surface area contributed by atoms with Gasteiger partial charge in [-0.25, -0.2) is 14.8 Å². The van der Waals surface area contributed by atoms with Crippen LogP contribution in [0.15, 0.2) is 12.3 Å². The molecule has 1 aromatic rings. The molecule has 6 nitrogen and oxygen atoms in total. The van der Waals surface area contributed by atoms with E-state index in [0.29, 0.717) is 0 Å². The summed E-state index contributed by atoms with van der Waals surface area (Å²) in [6.07, 6.45) is 3.33. The first-order valence-corrected chi connectivity index (χ1v) is 7.76. The van der Waals surface area contributed by atoms with Crippen LogP contribution in [0.3, 0.4) is 0 Å². The van der Waals surface area contributed by atoms with Crippen LogP contribution in [0.25, 0.3) is 0 Å². The summed E-state index contributed by atoms with van der Waals surface area (Å²) in [7, 11) is 1.82. The number of aromatic nitrogens is 2. The van der Waals surface area contributed by atoms with Crippen LogP contribution >= 0.6 is 0 Å². The van der Waals surface area contributed by atoms with Gasteiger partial charge in [-0.15, -0.1) is 0 Å². The number of hydrogen-bond acceptors (Lipinski definition) is 5.